The lowest BCUT2D eigenvalue weighted by Gasteiger charge is -2.48. The van der Waals surface area contributed by atoms with E-state index in [1.807, 2.05) is 70.2 Å². The molecule has 34 heavy (non-hydrogen) atoms. The second-order valence-corrected chi connectivity index (χ2v) is 9.79. The molecule has 0 radical (unpaired) electrons. The summed E-state index contributed by atoms with van der Waals surface area (Å²) < 4.78 is 37.2. The van der Waals surface area contributed by atoms with E-state index in [1.165, 1.54) is 0 Å². The molecule has 1 N–H and O–H groups in total. The summed E-state index contributed by atoms with van der Waals surface area (Å²) in [6, 6.07) is 15.0. The van der Waals surface area contributed by atoms with E-state index >= 15 is 0 Å². The second-order valence-electron chi connectivity index (χ2n) is 9.79. The van der Waals surface area contributed by atoms with Crippen molar-refractivity contribution >= 4 is 5.97 Å². The summed E-state index contributed by atoms with van der Waals surface area (Å²) in [6.45, 7) is 7.82. The Balaban J connectivity index is 1.43. The van der Waals surface area contributed by atoms with E-state index in [-0.39, 0.29) is 24.7 Å². The number of aliphatic carboxylic acids is 1. The average Bonchev–Trinajstić information content (AvgIpc) is 3.10. The highest BCUT2D eigenvalue weighted by Crippen LogP contribution is 2.43. The Hall–Kier alpha value is -2.49. The third-order valence-electron chi connectivity index (χ3n) is 6.17. The van der Waals surface area contributed by atoms with Gasteiger partial charge in [0.25, 0.3) is 0 Å². The van der Waals surface area contributed by atoms with Crippen molar-refractivity contribution in [2.45, 2.75) is 76.4 Å². The highest BCUT2D eigenvalue weighted by atomic mass is 16.8. The van der Waals surface area contributed by atoms with Crippen LogP contribution in [-0.4, -0.2) is 60.0 Å². The molecule has 8 nitrogen and oxygen atoms in total. The number of para-hydroxylation sites is 1. The Morgan fingerprint density at radius 1 is 0.971 bits per heavy atom. The number of carboxylic acid groups (broad SMARTS) is 1. The number of ether oxygens (including phenoxy) is 6. The minimum absolute atomic E-state index is 0.0496. The van der Waals surface area contributed by atoms with Gasteiger partial charge in [-0.05, 0) is 44.9 Å². The van der Waals surface area contributed by atoms with Crippen LogP contribution in [0.1, 0.15) is 33.3 Å². The maximum absolute atomic E-state index is 11.2. The van der Waals surface area contributed by atoms with Crippen LogP contribution < -0.4 is 4.74 Å². The minimum atomic E-state index is -0.876. The Labute approximate surface area is 198 Å². The third-order valence-corrected chi connectivity index (χ3v) is 6.17. The maximum Gasteiger partial charge on any atom is 0.307 e. The van der Waals surface area contributed by atoms with Gasteiger partial charge < -0.3 is 33.5 Å². The standard InChI is InChI=1S/C26H30O8/c1-25(2)29-14-19-21(32-25)22-23(34-26(3,4)33-22)24(31-19)30-18-11-6-5-10-17(18)16-9-7-8-15(12-16)13-20(27)28/h5-12,19,21-24H,13-14H2,1-4H3,(H,27,28)/t19-,21-,22+,23+,24+/m1/s1. The summed E-state index contributed by atoms with van der Waals surface area (Å²) >= 11 is 0. The summed E-state index contributed by atoms with van der Waals surface area (Å²) in [5.41, 5.74) is 2.40. The first-order valence-electron chi connectivity index (χ1n) is 11.5. The van der Waals surface area contributed by atoms with Crippen LogP contribution in [0.3, 0.4) is 0 Å². The van der Waals surface area contributed by atoms with Crippen molar-refractivity contribution in [1.82, 2.24) is 0 Å². The molecule has 3 fully saturated rings. The van der Waals surface area contributed by atoms with Crippen LogP contribution in [0.4, 0.5) is 0 Å². The molecule has 0 amide bonds. The summed E-state index contributed by atoms with van der Waals surface area (Å²) in [4.78, 5) is 11.2. The van der Waals surface area contributed by atoms with Gasteiger partial charge in [-0.1, -0.05) is 42.5 Å². The summed E-state index contributed by atoms with van der Waals surface area (Å²) in [7, 11) is 0. The fourth-order valence-corrected chi connectivity index (χ4v) is 4.79. The Bertz CT molecular complexity index is 1060. The Morgan fingerprint density at radius 2 is 1.71 bits per heavy atom. The maximum atomic E-state index is 11.2. The lowest BCUT2D eigenvalue weighted by Crippen LogP contribution is -2.64. The zero-order chi connectivity index (χ0) is 24.1. The van der Waals surface area contributed by atoms with E-state index in [0.717, 1.165) is 11.1 Å². The van der Waals surface area contributed by atoms with Gasteiger partial charge in [0.15, 0.2) is 17.7 Å². The Morgan fingerprint density at radius 3 is 2.50 bits per heavy atom. The van der Waals surface area contributed by atoms with Crippen LogP contribution in [0, 0.1) is 0 Å². The first kappa shape index (κ1) is 23.3. The van der Waals surface area contributed by atoms with Gasteiger partial charge in [-0.25, -0.2) is 0 Å². The van der Waals surface area contributed by atoms with Gasteiger partial charge in [-0.3, -0.25) is 4.79 Å². The molecule has 2 aromatic rings. The van der Waals surface area contributed by atoms with E-state index in [4.69, 9.17) is 33.5 Å². The SMILES string of the molecule is CC1(C)O[C@@H]2[C@H](O1)[C@@H](Oc1ccccc1-c1cccc(CC(=O)O)c1)O[C@@H]1COC(C)(C)O[C@@H]21. The van der Waals surface area contributed by atoms with Gasteiger partial charge in [-0.15, -0.1) is 0 Å². The molecule has 0 unspecified atom stereocenters. The molecular formula is C26H30O8. The van der Waals surface area contributed by atoms with Crippen LogP contribution in [0.15, 0.2) is 48.5 Å². The number of benzene rings is 2. The smallest absolute Gasteiger partial charge is 0.307 e. The van der Waals surface area contributed by atoms with E-state index in [1.54, 1.807) is 6.07 Å². The van der Waals surface area contributed by atoms with Crippen LogP contribution in [0.5, 0.6) is 5.75 Å². The Kier molecular flexibility index (Phi) is 5.90. The first-order chi connectivity index (χ1) is 16.1. The number of hydrogen-bond donors (Lipinski definition) is 1. The molecule has 182 valence electrons. The van der Waals surface area contributed by atoms with Crippen molar-refractivity contribution in [2.24, 2.45) is 0 Å². The van der Waals surface area contributed by atoms with E-state index in [0.29, 0.717) is 17.9 Å². The molecule has 8 heteroatoms. The molecular weight excluding hydrogens is 440 g/mol. The van der Waals surface area contributed by atoms with Crippen LogP contribution in [-0.2, 0) is 34.9 Å². The molecule has 0 aromatic heterocycles. The van der Waals surface area contributed by atoms with Crippen molar-refractivity contribution in [3.63, 3.8) is 0 Å². The van der Waals surface area contributed by atoms with Crippen molar-refractivity contribution < 1.29 is 38.3 Å². The van der Waals surface area contributed by atoms with Crippen molar-refractivity contribution in [3.05, 3.63) is 54.1 Å². The minimum Gasteiger partial charge on any atom is -0.481 e. The summed E-state index contributed by atoms with van der Waals surface area (Å²) in [5, 5.41) is 9.17. The van der Waals surface area contributed by atoms with Gasteiger partial charge in [0.05, 0.1) is 13.0 Å². The fourth-order valence-electron chi connectivity index (χ4n) is 4.79. The number of carboxylic acids is 1. The van der Waals surface area contributed by atoms with Crippen molar-refractivity contribution in [3.8, 4) is 16.9 Å². The first-order valence-corrected chi connectivity index (χ1v) is 11.5. The zero-order valence-electron chi connectivity index (χ0n) is 19.7. The molecule has 3 aliphatic heterocycles. The topological polar surface area (TPSA) is 92.7 Å². The van der Waals surface area contributed by atoms with Gasteiger partial charge in [-0.2, -0.15) is 0 Å². The molecule has 0 aliphatic carbocycles. The van der Waals surface area contributed by atoms with Crippen LogP contribution >= 0.6 is 0 Å². The number of carbonyl (C=O) groups is 1. The van der Waals surface area contributed by atoms with E-state index in [2.05, 4.69) is 0 Å². The number of fused-ring (bicyclic) bond motifs is 3. The molecule has 2 aromatic carbocycles. The van der Waals surface area contributed by atoms with Crippen molar-refractivity contribution in [1.29, 1.82) is 0 Å². The second kappa shape index (κ2) is 8.62. The highest BCUT2D eigenvalue weighted by Gasteiger charge is 2.59. The largest absolute Gasteiger partial charge is 0.481 e. The van der Waals surface area contributed by atoms with Crippen LogP contribution in [0.25, 0.3) is 11.1 Å². The predicted molar refractivity (Wildman–Crippen MR) is 121 cm³/mol. The molecule has 5 atom stereocenters. The predicted octanol–water partition coefficient (Wildman–Crippen LogP) is 3.76. The van der Waals surface area contributed by atoms with Gasteiger partial charge >= 0.3 is 5.97 Å². The molecule has 0 spiro atoms. The molecule has 3 heterocycles. The van der Waals surface area contributed by atoms with Crippen molar-refractivity contribution in [2.75, 3.05) is 6.61 Å². The monoisotopic (exact) mass is 470 g/mol. The molecule has 0 saturated carbocycles. The van der Waals surface area contributed by atoms with Gasteiger partial charge in [0.1, 0.15) is 24.1 Å². The summed E-state index contributed by atoms with van der Waals surface area (Å²) in [6.07, 6.45) is -2.40. The normalized spacial score (nSPS) is 31.4. The quantitative estimate of drug-likeness (QED) is 0.706. The highest BCUT2D eigenvalue weighted by molar-refractivity contribution is 5.74. The molecule has 3 aliphatic rings. The molecule has 0 bridgehead atoms. The molecule has 5 rings (SSSR count). The average molecular weight is 471 g/mol. The van der Waals surface area contributed by atoms with Gasteiger partial charge in [0.2, 0.25) is 6.29 Å². The number of hydrogen-bond acceptors (Lipinski definition) is 7. The number of rotatable bonds is 5. The zero-order valence-corrected chi connectivity index (χ0v) is 19.7. The van der Waals surface area contributed by atoms with Gasteiger partial charge in [0, 0.05) is 5.56 Å². The van der Waals surface area contributed by atoms with E-state index < -0.39 is 29.9 Å². The molecule has 3 saturated heterocycles. The lowest BCUT2D eigenvalue weighted by molar-refractivity contribution is -0.362. The summed E-state index contributed by atoms with van der Waals surface area (Å²) in [5.74, 6) is -1.83. The van der Waals surface area contributed by atoms with E-state index in [9.17, 15) is 4.79 Å². The fraction of sp³-hybridized carbons (Fsp3) is 0.500. The third kappa shape index (κ3) is 4.69. The lowest BCUT2D eigenvalue weighted by atomic mass is 9.97. The van der Waals surface area contributed by atoms with Crippen LogP contribution in [0.2, 0.25) is 0 Å².